The Labute approximate surface area is 179 Å². The van der Waals surface area contributed by atoms with Crippen LogP contribution in [0.5, 0.6) is 17.2 Å². The van der Waals surface area contributed by atoms with E-state index in [1.54, 1.807) is 25.2 Å². The third-order valence-electron chi connectivity index (χ3n) is 4.98. The number of amides is 4. The number of rotatable bonds is 8. The third-order valence-corrected chi connectivity index (χ3v) is 4.98. The maximum atomic E-state index is 12.2. The summed E-state index contributed by atoms with van der Waals surface area (Å²) in [5.41, 5.74) is 1.55. The van der Waals surface area contributed by atoms with Crippen LogP contribution in [0, 0.1) is 0 Å². The summed E-state index contributed by atoms with van der Waals surface area (Å²) in [6.45, 7) is 0.864. The lowest BCUT2D eigenvalue weighted by Gasteiger charge is -2.14. The van der Waals surface area contributed by atoms with Crippen LogP contribution >= 0.6 is 0 Å². The van der Waals surface area contributed by atoms with Crippen molar-refractivity contribution in [1.29, 1.82) is 0 Å². The SMILES string of the molecule is CN1CC(=O)N(CCCC(=O)Nc2cccc(COc3ccc4c(c3)OCO4)c2)C1=O. The molecular formula is C22H23N3O6. The van der Waals surface area contributed by atoms with Gasteiger partial charge in [-0.05, 0) is 36.2 Å². The number of anilines is 1. The first-order valence-corrected chi connectivity index (χ1v) is 9.96. The maximum absolute atomic E-state index is 12.2. The first-order valence-electron chi connectivity index (χ1n) is 9.96. The zero-order chi connectivity index (χ0) is 21.8. The number of nitrogens with one attached hydrogen (secondary N) is 1. The van der Waals surface area contributed by atoms with Gasteiger partial charge in [-0.2, -0.15) is 0 Å². The number of likely N-dealkylation sites (N-methyl/N-ethyl adjacent to an activating group) is 1. The normalized spacial score (nSPS) is 14.9. The number of benzene rings is 2. The summed E-state index contributed by atoms with van der Waals surface area (Å²) in [4.78, 5) is 38.4. The van der Waals surface area contributed by atoms with E-state index in [2.05, 4.69) is 5.32 Å². The quantitative estimate of drug-likeness (QED) is 0.653. The monoisotopic (exact) mass is 425 g/mol. The van der Waals surface area contributed by atoms with E-state index in [-0.39, 0.29) is 44.1 Å². The van der Waals surface area contributed by atoms with Crippen LogP contribution in [0.1, 0.15) is 18.4 Å². The highest BCUT2D eigenvalue weighted by Crippen LogP contribution is 2.35. The Balaban J connectivity index is 1.25. The average Bonchev–Trinajstić information content (AvgIpc) is 3.31. The molecule has 2 aliphatic rings. The number of fused-ring (bicyclic) bond motifs is 1. The van der Waals surface area contributed by atoms with Gasteiger partial charge in [0.1, 0.15) is 18.9 Å². The Morgan fingerprint density at radius 1 is 1.13 bits per heavy atom. The Hall–Kier alpha value is -3.75. The van der Waals surface area contributed by atoms with E-state index in [1.165, 1.54) is 9.80 Å². The highest BCUT2D eigenvalue weighted by Gasteiger charge is 2.32. The molecule has 2 heterocycles. The highest BCUT2D eigenvalue weighted by atomic mass is 16.7. The average molecular weight is 425 g/mol. The van der Waals surface area contributed by atoms with Crippen molar-refractivity contribution < 1.29 is 28.6 Å². The van der Waals surface area contributed by atoms with Crippen molar-refractivity contribution in [1.82, 2.24) is 9.80 Å². The van der Waals surface area contributed by atoms with Crippen LogP contribution in [0.25, 0.3) is 0 Å². The second kappa shape index (κ2) is 8.95. The molecule has 2 aromatic rings. The lowest BCUT2D eigenvalue weighted by Crippen LogP contribution is -2.32. The van der Waals surface area contributed by atoms with Crippen LogP contribution in [-0.4, -0.2) is 54.6 Å². The Morgan fingerprint density at radius 3 is 2.77 bits per heavy atom. The largest absolute Gasteiger partial charge is 0.489 e. The number of hydrogen-bond donors (Lipinski definition) is 1. The molecular weight excluding hydrogens is 402 g/mol. The topological polar surface area (TPSA) is 97.4 Å². The number of imide groups is 1. The van der Waals surface area contributed by atoms with Gasteiger partial charge in [0.15, 0.2) is 11.5 Å². The smallest absolute Gasteiger partial charge is 0.326 e. The van der Waals surface area contributed by atoms with Gasteiger partial charge in [-0.15, -0.1) is 0 Å². The maximum Gasteiger partial charge on any atom is 0.326 e. The summed E-state index contributed by atoms with van der Waals surface area (Å²) in [6, 6.07) is 12.5. The molecule has 31 heavy (non-hydrogen) atoms. The molecule has 1 N–H and O–H groups in total. The van der Waals surface area contributed by atoms with E-state index in [9.17, 15) is 14.4 Å². The lowest BCUT2D eigenvalue weighted by atomic mass is 10.2. The van der Waals surface area contributed by atoms with Gasteiger partial charge in [-0.1, -0.05) is 12.1 Å². The van der Waals surface area contributed by atoms with E-state index in [1.807, 2.05) is 24.3 Å². The molecule has 0 radical (unpaired) electrons. The van der Waals surface area contributed by atoms with E-state index in [4.69, 9.17) is 14.2 Å². The van der Waals surface area contributed by atoms with Crippen molar-refractivity contribution in [3.63, 3.8) is 0 Å². The molecule has 1 fully saturated rings. The molecule has 0 aliphatic carbocycles. The van der Waals surface area contributed by atoms with Crippen molar-refractivity contribution in [3.05, 3.63) is 48.0 Å². The standard InChI is InChI=1S/C22H23N3O6/c1-24-12-21(27)25(22(24)28)9-3-6-20(26)23-16-5-2-4-15(10-16)13-29-17-7-8-18-19(11-17)31-14-30-18/h2,4-5,7-8,10-11H,3,6,9,12-14H2,1H3,(H,23,26). The number of carbonyl (C=O) groups is 3. The van der Waals surface area contributed by atoms with Crippen molar-refractivity contribution in [3.8, 4) is 17.2 Å². The molecule has 0 atom stereocenters. The minimum atomic E-state index is -0.319. The molecule has 0 aromatic heterocycles. The zero-order valence-electron chi connectivity index (χ0n) is 17.1. The van der Waals surface area contributed by atoms with Crippen molar-refractivity contribution in [2.24, 2.45) is 0 Å². The molecule has 162 valence electrons. The van der Waals surface area contributed by atoms with Crippen LogP contribution in [-0.2, 0) is 16.2 Å². The molecule has 0 spiro atoms. The number of ether oxygens (including phenoxy) is 3. The number of hydrogen-bond acceptors (Lipinski definition) is 6. The summed E-state index contributed by atoms with van der Waals surface area (Å²) in [5, 5.41) is 2.84. The molecule has 4 amide bonds. The minimum absolute atomic E-state index is 0.0894. The fraction of sp³-hybridized carbons (Fsp3) is 0.318. The molecule has 2 aromatic carbocycles. The molecule has 9 heteroatoms. The van der Waals surface area contributed by atoms with E-state index >= 15 is 0 Å². The van der Waals surface area contributed by atoms with Gasteiger partial charge in [-0.3, -0.25) is 14.5 Å². The van der Waals surface area contributed by atoms with Crippen molar-refractivity contribution in [2.45, 2.75) is 19.4 Å². The van der Waals surface area contributed by atoms with Gasteiger partial charge in [-0.25, -0.2) is 4.79 Å². The summed E-state index contributed by atoms with van der Waals surface area (Å²) in [7, 11) is 1.58. The first kappa shape index (κ1) is 20.5. The Morgan fingerprint density at radius 2 is 1.97 bits per heavy atom. The zero-order valence-corrected chi connectivity index (χ0v) is 17.1. The second-order valence-electron chi connectivity index (χ2n) is 7.34. The number of nitrogens with zero attached hydrogens (tertiary/aromatic N) is 2. The van der Waals surface area contributed by atoms with Gasteiger partial charge in [0.25, 0.3) is 0 Å². The van der Waals surface area contributed by atoms with E-state index in [0.717, 1.165) is 5.56 Å². The molecule has 1 saturated heterocycles. The minimum Gasteiger partial charge on any atom is -0.489 e. The summed E-state index contributed by atoms with van der Waals surface area (Å²) in [5.74, 6) is 1.60. The molecule has 4 rings (SSSR count). The molecule has 0 unspecified atom stereocenters. The lowest BCUT2D eigenvalue weighted by molar-refractivity contribution is -0.125. The van der Waals surface area contributed by atoms with Crippen LogP contribution in [0.15, 0.2) is 42.5 Å². The summed E-state index contributed by atoms with van der Waals surface area (Å²) >= 11 is 0. The van der Waals surface area contributed by atoms with Crippen molar-refractivity contribution in [2.75, 3.05) is 32.2 Å². The van der Waals surface area contributed by atoms with Crippen LogP contribution in [0.3, 0.4) is 0 Å². The fourth-order valence-corrected chi connectivity index (χ4v) is 3.38. The van der Waals surface area contributed by atoms with Crippen molar-refractivity contribution >= 4 is 23.5 Å². The van der Waals surface area contributed by atoms with Gasteiger partial charge < -0.3 is 24.4 Å². The predicted octanol–water partition coefficient (Wildman–Crippen LogP) is 2.61. The highest BCUT2D eigenvalue weighted by molar-refractivity contribution is 6.01. The fourth-order valence-electron chi connectivity index (χ4n) is 3.38. The van der Waals surface area contributed by atoms with Gasteiger partial charge >= 0.3 is 6.03 Å². The number of carbonyl (C=O) groups excluding carboxylic acids is 3. The molecule has 2 aliphatic heterocycles. The second-order valence-corrected chi connectivity index (χ2v) is 7.34. The predicted molar refractivity (Wildman–Crippen MR) is 111 cm³/mol. The molecule has 0 bridgehead atoms. The molecule has 0 saturated carbocycles. The third kappa shape index (κ3) is 4.88. The Bertz CT molecular complexity index is 1010. The summed E-state index contributed by atoms with van der Waals surface area (Å²) in [6.07, 6.45) is 0.614. The van der Waals surface area contributed by atoms with Gasteiger partial charge in [0, 0.05) is 31.8 Å². The number of urea groups is 1. The first-order chi connectivity index (χ1) is 15.0. The molecule has 9 nitrogen and oxygen atoms in total. The Kier molecular flexibility index (Phi) is 5.92. The van der Waals surface area contributed by atoms with Crippen LogP contribution in [0.2, 0.25) is 0 Å². The van der Waals surface area contributed by atoms with Crippen LogP contribution in [0.4, 0.5) is 10.5 Å². The van der Waals surface area contributed by atoms with Crippen LogP contribution < -0.4 is 19.5 Å². The van der Waals surface area contributed by atoms with E-state index < -0.39 is 0 Å². The summed E-state index contributed by atoms with van der Waals surface area (Å²) < 4.78 is 16.4. The van der Waals surface area contributed by atoms with E-state index in [0.29, 0.717) is 36.0 Å². The van der Waals surface area contributed by atoms with Gasteiger partial charge in [0.2, 0.25) is 18.6 Å². The van der Waals surface area contributed by atoms with Gasteiger partial charge in [0.05, 0.1) is 0 Å².